The van der Waals surface area contributed by atoms with Crippen LogP contribution in [-0.2, 0) is 11.2 Å². The first-order valence-electron chi connectivity index (χ1n) is 5.35. The van der Waals surface area contributed by atoms with Crippen LogP contribution >= 0.6 is 22.9 Å². The average Bonchev–Trinajstić information content (AvgIpc) is 2.50. The zero-order valence-corrected chi connectivity index (χ0v) is 11.1. The van der Waals surface area contributed by atoms with Crippen LogP contribution in [0.1, 0.15) is 42.6 Å². The predicted octanol–water partition coefficient (Wildman–Crippen LogP) is 3.50. The van der Waals surface area contributed by atoms with Gasteiger partial charge in [0.1, 0.15) is 5.00 Å². The largest absolute Gasteiger partial charge is 0.462 e. The maximum absolute atomic E-state index is 11.7. The molecule has 16 heavy (non-hydrogen) atoms. The molecule has 0 radical (unpaired) electrons. The van der Waals surface area contributed by atoms with Crippen LogP contribution in [0.15, 0.2) is 0 Å². The first-order chi connectivity index (χ1) is 7.61. The monoisotopic (exact) mass is 261 g/mol. The SMILES string of the molecule is CCCCc1c(Cl)sc(N)c1C(=O)OCC. The molecule has 3 nitrogen and oxygen atoms in total. The van der Waals surface area contributed by atoms with E-state index in [1.54, 1.807) is 6.92 Å². The van der Waals surface area contributed by atoms with Gasteiger partial charge in [-0.3, -0.25) is 0 Å². The minimum Gasteiger partial charge on any atom is -0.462 e. The summed E-state index contributed by atoms with van der Waals surface area (Å²) in [5.74, 6) is -0.366. The van der Waals surface area contributed by atoms with Gasteiger partial charge in [-0.15, -0.1) is 11.3 Å². The lowest BCUT2D eigenvalue weighted by atomic mass is 10.1. The van der Waals surface area contributed by atoms with Crippen LogP contribution in [0.5, 0.6) is 0 Å². The van der Waals surface area contributed by atoms with Crippen molar-refractivity contribution in [3.63, 3.8) is 0 Å². The molecule has 0 aliphatic rings. The number of hydrogen-bond acceptors (Lipinski definition) is 4. The Morgan fingerprint density at radius 2 is 2.19 bits per heavy atom. The first kappa shape index (κ1) is 13.3. The summed E-state index contributed by atoms with van der Waals surface area (Å²) in [6.45, 7) is 4.21. The van der Waals surface area contributed by atoms with E-state index in [4.69, 9.17) is 22.1 Å². The van der Waals surface area contributed by atoms with Crippen molar-refractivity contribution in [2.75, 3.05) is 12.3 Å². The van der Waals surface area contributed by atoms with Crippen molar-refractivity contribution in [2.45, 2.75) is 33.1 Å². The summed E-state index contributed by atoms with van der Waals surface area (Å²) in [5, 5.41) is 0.453. The van der Waals surface area contributed by atoms with Crippen LogP contribution < -0.4 is 5.73 Å². The van der Waals surface area contributed by atoms with E-state index in [1.807, 2.05) is 0 Å². The molecule has 0 amide bonds. The van der Waals surface area contributed by atoms with Crippen molar-refractivity contribution < 1.29 is 9.53 Å². The Morgan fingerprint density at radius 1 is 1.50 bits per heavy atom. The smallest absolute Gasteiger partial charge is 0.341 e. The third-order valence-electron chi connectivity index (χ3n) is 2.24. The Kier molecular flexibility index (Phi) is 5.09. The van der Waals surface area contributed by atoms with Crippen LogP contribution in [0.2, 0.25) is 4.34 Å². The van der Waals surface area contributed by atoms with E-state index in [-0.39, 0.29) is 5.97 Å². The van der Waals surface area contributed by atoms with Gasteiger partial charge in [0, 0.05) is 0 Å². The molecule has 2 N–H and O–H groups in total. The van der Waals surface area contributed by atoms with Crippen LogP contribution in [0.25, 0.3) is 0 Å². The molecule has 0 spiro atoms. The van der Waals surface area contributed by atoms with Crippen LogP contribution in [-0.4, -0.2) is 12.6 Å². The molecular weight excluding hydrogens is 246 g/mol. The zero-order chi connectivity index (χ0) is 12.1. The molecular formula is C11H16ClNO2S. The number of rotatable bonds is 5. The number of halogens is 1. The van der Waals surface area contributed by atoms with E-state index in [9.17, 15) is 4.79 Å². The fourth-order valence-electron chi connectivity index (χ4n) is 1.46. The number of thiophene rings is 1. The summed E-state index contributed by atoms with van der Waals surface area (Å²) in [6, 6.07) is 0. The molecule has 1 aromatic heterocycles. The minimum atomic E-state index is -0.366. The van der Waals surface area contributed by atoms with E-state index in [0.717, 1.165) is 24.8 Å². The fourth-order valence-corrected chi connectivity index (χ4v) is 2.73. The van der Waals surface area contributed by atoms with Crippen LogP contribution in [0.4, 0.5) is 5.00 Å². The second-order valence-corrected chi connectivity index (χ2v) is 5.07. The minimum absolute atomic E-state index is 0.346. The highest BCUT2D eigenvalue weighted by Gasteiger charge is 2.21. The number of hydrogen-bond donors (Lipinski definition) is 1. The second-order valence-electron chi connectivity index (χ2n) is 3.42. The van der Waals surface area contributed by atoms with E-state index < -0.39 is 0 Å². The van der Waals surface area contributed by atoms with Crippen molar-refractivity contribution in [1.82, 2.24) is 0 Å². The molecule has 0 aliphatic carbocycles. The van der Waals surface area contributed by atoms with Gasteiger partial charge in [-0.1, -0.05) is 24.9 Å². The standard InChI is InChI=1S/C11H16ClNO2S/c1-3-5-6-7-8(11(14)15-4-2)10(13)16-9(7)12/h3-6,13H2,1-2H3. The second kappa shape index (κ2) is 6.11. The normalized spacial score (nSPS) is 10.4. The summed E-state index contributed by atoms with van der Waals surface area (Å²) in [4.78, 5) is 11.7. The van der Waals surface area contributed by atoms with Gasteiger partial charge in [0.05, 0.1) is 16.5 Å². The highest BCUT2D eigenvalue weighted by atomic mass is 35.5. The van der Waals surface area contributed by atoms with Gasteiger partial charge in [-0.25, -0.2) is 4.79 Å². The summed E-state index contributed by atoms with van der Waals surface area (Å²) in [5.41, 5.74) is 7.08. The third kappa shape index (κ3) is 2.89. The average molecular weight is 262 g/mol. The summed E-state index contributed by atoms with van der Waals surface area (Å²) in [6.07, 6.45) is 2.81. The molecule has 1 heterocycles. The molecule has 0 atom stereocenters. The van der Waals surface area contributed by atoms with E-state index in [1.165, 1.54) is 11.3 Å². The number of esters is 1. The Labute approximate surface area is 105 Å². The molecule has 0 bridgehead atoms. The van der Waals surface area contributed by atoms with Gasteiger partial charge in [0.25, 0.3) is 0 Å². The number of unbranched alkanes of at least 4 members (excludes halogenated alkanes) is 1. The highest BCUT2D eigenvalue weighted by molar-refractivity contribution is 7.20. The van der Waals surface area contributed by atoms with E-state index in [2.05, 4.69) is 6.92 Å². The predicted molar refractivity (Wildman–Crippen MR) is 68.3 cm³/mol. The summed E-state index contributed by atoms with van der Waals surface area (Å²) < 4.78 is 5.58. The molecule has 5 heteroatoms. The lowest BCUT2D eigenvalue weighted by Gasteiger charge is -2.04. The molecule has 1 rings (SSSR count). The quantitative estimate of drug-likeness (QED) is 0.826. The first-order valence-corrected chi connectivity index (χ1v) is 6.55. The van der Waals surface area contributed by atoms with E-state index in [0.29, 0.717) is 21.5 Å². The number of nitrogens with two attached hydrogens (primary N) is 1. The van der Waals surface area contributed by atoms with Crippen molar-refractivity contribution in [2.24, 2.45) is 0 Å². The number of carbonyl (C=O) groups excluding carboxylic acids is 1. The molecule has 0 saturated heterocycles. The zero-order valence-electron chi connectivity index (χ0n) is 9.51. The summed E-state index contributed by atoms with van der Waals surface area (Å²) in [7, 11) is 0. The lowest BCUT2D eigenvalue weighted by Crippen LogP contribution is -2.08. The Bertz CT molecular complexity index is 376. The fraction of sp³-hybridized carbons (Fsp3) is 0.545. The maximum Gasteiger partial charge on any atom is 0.341 e. The molecule has 90 valence electrons. The van der Waals surface area contributed by atoms with Gasteiger partial charge in [0.15, 0.2) is 0 Å². The van der Waals surface area contributed by atoms with Crippen molar-refractivity contribution in [1.29, 1.82) is 0 Å². The van der Waals surface area contributed by atoms with E-state index >= 15 is 0 Å². The maximum atomic E-state index is 11.7. The summed E-state index contributed by atoms with van der Waals surface area (Å²) >= 11 is 7.30. The molecule has 0 aliphatic heterocycles. The van der Waals surface area contributed by atoms with Crippen LogP contribution in [0, 0.1) is 0 Å². The molecule has 1 aromatic rings. The molecule has 0 saturated carbocycles. The number of nitrogen functional groups attached to an aromatic ring is 1. The number of anilines is 1. The topological polar surface area (TPSA) is 52.3 Å². The molecule has 0 fully saturated rings. The van der Waals surface area contributed by atoms with Gasteiger partial charge in [0.2, 0.25) is 0 Å². The lowest BCUT2D eigenvalue weighted by molar-refractivity contribution is 0.0527. The van der Waals surface area contributed by atoms with Crippen molar-refractivity contribution in [3.8, 4) is 0 Å². The van der Waals surface area contributed by atoms with Crippen molar-refractivity contribution >= 4 is 33.9 Å². The Hall–Kier alpha value is -0.740. The van der Waals surface area contributed by atoms with Gasteiger partial charge >= 0.3 is 5.97 Å². The molecule has 0 unspecified atom stereocenters. The van der Waals surface area contributed by atoms with Crippen molar-refractivity contribution in [3.05, 3.63) is 15.5 Å². The number of ether oxygens (including phenoxy) is 1. The number of carbonyl (C=O) groups is 1. The highest BCUT2D eigenvalue weighted by Crippen LogP contribution is 2.36. The van der Waals surface area contributed by atoms with Gasteiger partial charge in [-0.2, -0.15) is 0 Å². The van der Waals surface area contributed by atoms with Gasteiger partial charge < -0.3 is 10.5 Å². The van der Waals surface area contributed by atoms with Gasteiger partial charge in [-0.05, 0) is 25.3 Å². The molecule has 0 aromatic carbocycles. The third-order valence-corrected chi connectivity index (χ3v) is 3.55. The Morgan fingerprint density at radius 3 is 2.75 bits per heavy atom. The Balaban J connectivity index is 3.00. The van der Waals surface area contributed by atoms with Crippen LogP contribution in [0.3, 0.4) is 0 Å².